The molecule has 2 aliphatic rings. The van der Waals surface area contributed by atoms with Gasteiger partial charge in [0.05, 0.1) is 18.8 Å². The van der Waals surface area contributed by atoms with Gasteiger partial charge in [-0.25, -0.2) is 24.9 Å². The highest BCUT2D eigenvalue weighted by molar-refractivity contribution is 5.88. The lowest BCUT2D eigenvalue weighted by atomic mass is 10.1. The lowest BCUT2D eigenvalue weighted by Gasteiger charge is -2.40. The number of nitrogen functional groups attached to an aromatic ring is 1. The number of fused-ring (bicyclic) bond motifs is 1. The number of halogens is 3. The van der Waals surface area contributed by atoms with Crippen molar-refractivity contribution >= 4 is 34.8 Å². The highest BCUT2D eigenvalue weighted by Crippen LogP contribution is 2.34. The number of morpholine rings is 1. The largest absolute Gasteiger partial charge is 0.406 e. The minimum atomic E-state index is -4.56. The van der Waals surface area contributed by atoms with Gasteiger partial charge in [0.15, 0.2) is 22.8 Å². The monoisotopic (exact) mass is 550 g/mol. The second-order valence-corrected chi connectivity index (χ2v) is 9.59. The molecule has 0 saturated carbocycles. The van der Waals surface area contributed by atoms with Gasteiger partial charge in [-0.05, 0) is 13.8 Å². The van der Waals surface area contributed by atoms with Crippen molar-refractivity contribution in [3.63, 3.8) is 0 Å². The van der Waals surface area contributed by atoms with Crippen LogP contribution in [0.1, 0.15) is 13.8 Å². The summed E-state index contributed by atoms with van der Waals surface area (Å²) in [4.78, 5) is 39.3. The number of hydrogen-bond donors (Lipinski definition) is 2. The normalized spacial score (nSPS) is 19.5. The number of aromatic nitrogens is 6. The quantitative estimate of drug-likeness (QED) is 0.461. The number of carbonyl (C=O) groups excluding carboxylic acids is 1. The first-order valence-electron chi connectivity index (χ1n) is 12.5. The lowest BCUT2D eigenvalue weighted by molar-refractivity contribution is -0.141. The van der Waals surface area contributed by atoms with Gasteiger partial charge in [-0.3, -0.25) is 9.36 Å². The van der Waals surface area contributed by atoms with E-state index in [-0.39, 0.29) is 54.6 Å². The Balaban J connectivity index is 1.64. The summed E-state index contributed by atoms with van der Waals surface area (Å²) < 4.78 is 48.2. The van der Waals surface area contributed by atoms with E-state index in [2.05, 4.69) is 24.9 Å². The fourth-order valence-electron chi connectivity index (χ4n) is 4.83. The van der Waals surface area contributed by atoms with E-state index >= 15 is 0 Å². The minimum Gasteiger partial charge on any atom is -0.384 e. The number of anilines is 3. The van der Waals surface area contributed by atoms with E-state index < -0.39 is 24.7 Å². The van der Waals surface area contributed by atoms with Crippen LogP contribution in [0, 0.1) is 0 Å². The Bertz CT molecular complexity index is 1340. The first kappa shape index (κ1) is 26.8. The van der Waals surface area contributed by atoms with E-state index in [4.69, 9.17) is 10.5 Å². The Morgan fingerprint density at radius 3 is 2.44 bits per heavy atom. The predicted molar refractivity (Wildman–Crippen MR) is 135 cm³/mol. The van der Waals surface area contributed by atoms with Crippen LogP contribution in [0.3, 0.4) is 0 Å². The van der Waals surface area contributed by atoms with E-state index in [1.807, 2.05) is 4.90 Å². The fraction of sp³-hybridized carbons (Fsp3) is 0.565. The Morgan fingerprint density at radius 1 is 1.13 bits per heavy atom. The molecule has 0 bridgehead atoms. The number of rotatable bonds is 5. The number of carbonyl (C=O) groups is 1. The summed E-state index contributed by atoms with van der Waals surface area (Å²) >= 11 is 0. The van der Waals surface area contributed by atoms with Gasteiger partial charge in [0, 0.05) is 51.2 Å². The van der Waals surface area contributed by atoms with Crippen molar-refractivity contribution in [3.8, 4) is 11.4 Å². The molecule has 2 saturated heterocycles. The summed E-state index contributed by atoms with van der Waals surface area (Å²) in [5, 5.41) is 9.74. The van der Waals surface area contributed by atoms with Gasteiger partial charge in [0.25, 0.3) is 5.91 Å². The molecule has 0 unspecified atom stereocenters. The third-order valence-electron chi connectivity index (χ3n) is 6.68. The average molecular weight is 551 g/mol. The number of aliphatic hydroxyl groups excluding tert-OH is 1. The first-order chi connectivity index (χ1) is 18.5. The summed E-state index contributed by atoms with van der Waals surface area (Å²) in [6, 6.07) is -0.368. The number of nitrogens with two attached hydrogens (primary N) is 1. The van der Waals surface area contributed by atoms with Crippen LogP contribution in [0.2, 0.25) is 0 Å². The van der Waals surface area contributed by atoms with Crippen LogP contribution in [0.15, 0.2) is 12.4 Å². The van der Waals surface area contributed by atoms with Crippen molar-refractivity contribution in [1.29, 1.82) is 0 Å². The summed E-state index contributed by atoms with van der Waals surface area (Å²) in [6.07, 6.45) is -2.90. The number of amides is 1. The molecule has 2 aliphatic heterocycles. The molecule has 5 heterocycles. The van der Waals surface area contributed by atoms with Gasteiger partial charge in [-0.2, -0.15) is 13.2 Å². The molecule has 3 N–H and O–H groups in total. The number of hydrogen-bond acceptors (Lipinski definition) is 11. The molecule has 3 aromatic rings. The average Bonchev–Trinajstić information content (AvgIpc) is 3.25. The highest BCUT2D eigenvalue weighted by atomic mass is 19.4. The molecule has 39 heavy (non-hydrogen) atoms. The third-order valence-corrected chi connectivity index (χ3v) is 6.68. The SMILES string of the molecule is C[C@H](O)C(=O)N1CCN(c2nc3c(N4CCOCC4)nc(-c4cnc(N)nc4)nc3n2CC(F)(F)F)C[C@H]1C. The van der Waals surface area contributed by atoms with Crippen LogP contribution >= 0.6 is 0 Å². The number of ether oxygens (including phenoxy) is 1. The number of imidazole rings is 1. The maximum Gasteiger partial charge on any atom is 0.406 e. The summed E-state index contributed by atoms with van der Waals surface area (Å²) in [7, 11) is 0. The van der Waals surface area contributed by atoms with Crippen molar-refractivity contribution in [1.82, 2.24) is 34.4 Å². The molecule has 1 amide bonds. The molecule has 3 aromatic heterocycles. The van der Waals surface area contributed by atoms with Crippen molar-refractivity contribution < 1.29 is 27.8 Å². The summed E-state index contributed by atoms with van der Waals surface area (Å²) in [6.45, 7) is 4.32. The molecule has 13 nitrogen and oxygen atoms in total. The number of aliphatic hydroxyl groups is 1. The molecule has 0 radical (unpaired) electrons. The molecular weight excluding hydrogens is 521 g/mol. The molecule has 16 heteroatoms. The molecule has 0 spiro atoms. The predicted octanol–water partition coefficient (Wildman–Crippen LogP) is 0.682. The van der Waals surface area contributed by atoms with E-state index in [0.717, 1.165) is 4.57 Å². The Hall–Kier alpha value is -3.79. The molecule has 210 valence electrons. The standard InChI is InChI=1S/C23H29F3N10O3/c1-13-11-34(3-4-35(13)20(38)14(2)37)22-30-16-18(33-5-7-39-8-6-33)31-17(15-9-28-21(27)29-10-15)32-19(16)36(22)12-23(24,25)26/h9-10,13-14,37H,3-8,11-12H2,1-2H3,(H2,27,28,29)/t13-,14+/m1/s1. The highest BCUT2D eigenvalue weighted by Gasteiger charge is 2.36. The van der Waals surface area contributed by atoms with Crippen LogP contribution < -0.4 is 15.5 Å². The zero-order chi connectivity index (χ0) is 27.9. The van der Waals surface area contributed by atoms with Gasteiger partial charge in [0.2, 0.25) is 11.9 Å². The minimum absolute atomic E-state index is 0.0146. The zero-order valence-corrected chi connectivity index (χ0v) is 21.5. The zero-order valence-electron chi connectivity index (χ0n) is 21.5. The molecule has 2 fully saturated rings. The van der Waals surface area contributed by atoms with E-state index in [9.17, 15) is 23.1 Å². The maximum atomic E-state index is 13.9. The number of piperazine rings is 1. The van der Waals surface area contributed by atoms with Crippen LogP contribution in [0.5, 0.6) is 0 Å². The second-order valence-electron chi connectivity index (χ2n) is 9.59. The number of alkyl halides is 3. The molecule has 0 aromatic carbocycles. The summed E-state index contributed by atoms with van der Waals surface area (Å²) in [5.74, 6) is 0.211. The Labute approximate surface area is 221 Å². The van der Waals surface area contributed by atoms with Crippen LogP contribution in [-0.4, -0.2) is 110 Å². The fourth-order valence-corrected chi connectivity index (χ4v) is 4.83. The van der Waals surface area contributed by atoms with Gasteiger partial charge in [-0.1, -0.05) is 0 Å². The first-order valence-corrected chi connectivity index (χ1v) is 12.5. The van der Waals surface area contributed by atoms with E-state index in [1.54, 1.807) is 11.8 Å². The van der Waals surface area contributed by atoms with Gasteiger partial charge >= 0.3 is 6.18 Å². The maximum absolute atomic E-state index is 13.9. The van der Waals surface area contributed by atoms with Crippen molar-refractivity contribution in [2.24, 2.45) is 0 Å². The van der Waals surface area contributed by atoms with Crippen molar-refractivity contribution in [2.45, 2.75) is 38.7 Å². The molecule has 0 aliphatic carbocycles. The van der Waals surface area contributed by atoms with Crippen LogP contribution in [0.25, 0.3) is 22.6 Å². The van der Waals surface area contributed by atoms with E-state index in [1.165, 1.54) is 24.2 Å². The second kappa shape index (κ2) is 10.4. The topological polar surface area (TPSA) is 152 Å². The number of nitrogens with zero attached hydrogens (tertiary/aromatic N) is 9. The smallest absolute Gasteiger partial charge is 0.384 e. The van der Waals surface area contributed by atoms with Crippen molar-refractivity contribution in [3.05, 3.63) is 12.4 Å². The van der Waals surface area contributed by atoms with E-state index in [0.29, 0.717) is 37.7 Å². The molecule has 5 rings (SSSR count). The van der Waals surface area contributed by atoms with Crippen LogP contribution in [-0.2, 0) is 16.1 Å². The molecule has 2 atom stereocenters. The lowest BCUT2D eigenvalue weighted by Crippen LogP contribution is -2.56. The summed E-state index contributed by atoms with van der Waals surface area (Å²) in [5.41, 5.74) is 6.24. The molecular formula is C23H29F3N10O3. The van der Waals surface area contributed by atoms with Gasteiger partial charge in [0.1, 0.15) is 12.6 Å². The van der Waals surface area contributed by atoms with Crippen LogP contribution in [0.4, 0.5) is 30.9 Å². The van der Waals surface area contributed by atoms with Crippen molar-refractivity contribution in [2.75, 3.05) is 61.5 Å². The van der Waals surface area contributed by atoms with Gasteiger partial charge in [-0.15, -0.1) is 0 Å². The Morgan fingerprint density at radius 2 is 1.82 bits per heavy atom. The Kier molecular flexibility index (Phi) is 7.15. The third kappa shape index (κ3) is 5.52. The van der Waals surface area contributed by atoms with Gasteiger partial charge < -0.3 is 30.3 Å².